The number of fused-ring (bicyclic) bond motifs is 1. The first-order valence-electron chi connectivity index (χ1n) is 9.77. The number of nitrogens with two attached hydrogens (primary N) is 1. The molecule has 31 heavy (non-hydrogen) atoms. The molecule has 0 unspecified atom stereocenters. The number of carboxylic acid groups (broad SMARTS) is 1. The number of thioether (sulfide) groups is 1. The van der Waals surface area contributed by atoms with Gasteiger partial charge in [-0.3, -0.25) is 9.59 Å². The topological polar surface area (TPSA) is 139 Å². The third-order valence-electron chi connectivity index (χ3n) is 5.69. The smallest absolute Gasteiger partial charge is 0.344 e. The molecule has 0 aliphatic carbocycles. The van der Waals surface area contributed by atoms with Gasteiger partial charge < -0.3 is 25.8 Å². The second kappa shape index (κ2) is 7.52. The lowest BCUT2D eigenvalue weighted by atomic mass is 9.84. The number of hydrogen-bond acceptors (Lipinski definition) is 7. The third kappa shape index (κ3) is 3.67. The van der Waals surface area contributed by atoms with E-state index >= 15 is 0 Å². The van der Waals surface area contributed by atoms with Crippen LogP contribution in [0.2, 0.25) is 0 Å². The summed E-state index contributed by atoms with van der Waals surface area (Å²) in [5.41, 5.74) is 5.18. The van der Waals surface area contributed by atoms with Crippen molar-refractivity contribution in [2.24, 2.45) is 5.73 Å². The van der Waals surface area contributed by atoms with Crippen LogP contribution in [0.15, 0.2) is 24.3 Å². The maximum atomic E-state index is 13.0. The number of benzene rings is 1. The van der Waals surface area contributed by atoms with E-state index in [1.165, 1.54) is 0 Å². The number of methoxy groups -OCH3 is 1. The first-order valence-corrected chi connectivity index (χ1v) is 10.6. The minimum atomic E-state index is -1.95. The van der Waals surface area contributed by atoms with E-state index in [0.717, 1.165) is 29.3 Å². The molecule has 1 aromatic rings. The lowest BCUT2D eigenvalue weighted by Gasteiger charge is -2.50. The van der Waals surface area contributed by atoms with Crippen molar-refractivity contribution in [3.63, 3.8) is 0 Å². The molecule has 1 aromatic carbocycles. The van der Waals surface area contributed by atoms with Crippen molar-refractivity contribution in [2.45, 2.75) is 61.4 Å². The van der Waals surface area contributed by atoms with E-state index in [1.54, 1.807) is 26.0 Å². The van der Waals surface area contributed by atoms with Gasteiger partial charge in [-0.15, -0.1) is 11.8 Å². The number of aliphatic carboxylic acids is 1. The van der Waals surface area contributed by atoms with Crippen molar-refractivity contribution in [3.8, 4) is 0 Å². The Morgan fingerprint density at radius 2 is 1.84 bits per heavy atom. The van der Waals surface area contributed by atoms with Gasteiger partial charge in [-0.05, 0) is 38.8 Å². The molecule has 3 rings (SSSR count). The van der Waals surface area contributed by atoms with Crippen molar-refractivity contribution in [3.05, 3.63) is 35.4 Å². The zero-order valence-electron chi connectivity index (χ0n) is 18.1. The predicted octanol–water partition coefficient (Wildman–Crippen LogP) is 0.598. The van der Waals surface area contributed by atoms with Gasteiger partial charge in [0.1, 0.15) is 11.4 Å². The minimum absolute atomic E-state index is 0.0690. The average Bonchev–Trinajstić information content (AvgIpc) is 2.94. The van der Waals surface area contributed by atoms with Crippen LogP contribution in [0.25, 0.3) is 0 Å². The fraction of sp³-hybridized carbons (Fsp3) is 0.524. The van der Waals surface area contributed by atoms with Crippen LogP contribution in [-0.4, -0.2) is 62.6 Å². The molecular formula is C21H27N3O6S. The summed E-state index contributed by atoms with van der Waals surface area (Å²) in [5.74, 6) is -3.40. The first kappa shape index (κ1) is 23.1. The first-order chi connectivity index (χ1) is 14.3. The number of amides is 2. The maximum absolute atomic E-state index is 13.0. The van der Waals surface area contributed by atoms with Gasteiger partial charge in [0, 0.05) is 10.3 Å². The Balaban J connectivity index is 1.83. The lowest BCUT2D eigenvalue weighted by molar-refractivity contribution is -0.180. The van der Waals surface area contributed by atoms with E-state index in [0.29, 0.717) is 5.56 Å². The highest BCUT2D eigenvalue weighted by Gasteiger charge is 2.76. The largest absolute Gasteiger partial charge is 0.480 e. The van der Waals surface area contributed by atoms with Crippen LogP contribution in [0, 0.1) is 0 Å². The van der Waals surface area contributed by atoms with Gasteiger partial charge in [0.25, 0.3) is 5.91 Å². The fourth-order valence-corrected chi connectivity index (χ4v) is 5.76. The van der Waals surface area contributed by atoms with Gasteiger partial charge in [-0.1, -0.05) is 24.3 Å². The molecule has 0 spiro atoms. The summed E-state index contributed by atoms with van der Waals surface area (Å²) in [6.07, 6.45) is -0.0690. The van der Waals surface area contributed by atoms with Gasteiger partial charge in [-0.25, -0.2) is 9.59 Å². The second-order valence-corrected chi connectivity index (χ2v) is 10.7. The Hall–Kier alpha value is -2.59. The zero-order valence-corrected chi connectivity index (χ0v) is 18.9. The minimum Gasteiger partial charge on any atom is -0.480 e. The summed E-state index contributed by atoms with van der Waals surface area (Å²) in [6, 6.07) is 6.05. The van der Waals surface area contributed by atoms with Crippen LogP contribution >= 0.6 is 11.8 Å². The number of hydrogen-bond donors (Lipinski definition) is 3. The summed E-state index contributed by atoms with van der Waals surface area (Å²) >= 11 is 1.16. The van der Waals surface area contributed by atoms with Crippen molar-refractivity contribution in [1.29, 1.82) is 0 Å². The summed E-state index contributed by atoms with van der Waals surface area (Å²) in [4.78, 5) is 51.4. The molecule has 0 radical (unpaired) electrons. The average molecular weight is 450 g/mol. The Kier molecular flexibility index (Phi) is 5.60. The molecule has 3 atom stereocenters. The van der Waals surface area contributed by atoms with E-state index < -0.39 is 51.0 Å². The normalized spacial score (nSPS) is 26.6. The number of nitrogens with one attached hydrogen (secondary N) is 1. The van der Waals surface area contributed by atoms with Crippen LogP contribution in [0.5, 0.6) is 0 Å². The molecule has 168 valence electrons. The highest BCUT2D eigenvalue weighted by atomic mass is 32.2. The predicted molar refractivity (Wildman–Crippen MR) is 114 cm³/mol. The van der Waals surface area contributed by atoms with E-state index in [2.05, 4.69) is 5.32 Å². The number of ether oxygens (including phenoxy) is 1. The van der Waals surface area contributed by atoms with Crippen molar-refractivity contribution < 1.29 is 29.0 Å². The molecule has 10 heteroatoms. The zero-order chi connectivity index (χ0) is 23.4. The molecule has 0 saturated carbocycles. The van der Waals surface area contributed by atoms with Gasteiger partial charge in [-0.2, -0.15) is 0 Å². The molecule has 0 aromatic heterocycles. The van der Waals surface area contributed by atoms with Gasteiger partial charge >= 0.3 is 11.9 Å². The fourth-order valence-electron chi connectivity index (χ4n) is 4.08. The van der Waals surface area contributed by atoms with Crippen molar-refractivity contribution in [1.82, 2.24) is 10.2 Å². The number of carboxylic acids is 1. The summed E-state index contributed by atoms with van der Waals surface area (Å²) < 4.78 is 3.98. The SMILES string of the molecule is COC(=O)[C@]1(NC(=O)Cc2ccc(C(C)(C)N)cc2)C(=O)N2[C@@H](C(=O)O)C(C)(C)S[C@@H]21. The maximum Gasteiger partial charge on any atom is 0.344 e. The molecule has 2 aliphatic heterocycles. The van der Waals surface area contributed by atoms with Crippen LogP contribution in [0.3, 0.4) is 0 Å². The standard InChI is InChI=1S/C21H27N3O6S/c1-19(2,22)12-8-6-11(7-9-12)10-13(25)23-21(18(29)30-5)16(28)24-14(15(26)27)20(3,4)31-17(21)24/h6-9,14,17H,10,22H2,1-5H3,(H,23,25)(H,26,27)/t14-,17+,21-/m0/s1. The molecule has 2 heterocycles. The molecule has 2 amide bonds. The molecular weight excluding hydrogens is 422 g/mol. The third-order valence-corrected chi connectivity index (χ3v) is 7.32. The van der Waals surface area contributed by atoms with Crippen LogP contribution in [0.4, 0.5) is 0 Å². The highest BCUT2D eigenvalue weighted by Crippen LogP contribution is 2.55. The van der Waals surface area contributed by atoms with Crippen LogP contribution < -0.4 is 11.1 Å². The second-order valence-electron chi connectivity index (χ2n) is 8.97. The van der Waals surface area contributed by atoms with E-state index in [1.807, 2.05) is 26.0 Å². The quantitative estimate of drug-likeness (QED) is 0.326. The summed E-state index contributed by atoms with van der Waals surface area (Å²) in [5, 5.41) is 11.3. The van der Waals surface area contributed by atoms with Crippen LogP contribution in [0.1, 0.15) is 38.8 Å². The molecule has 2 fully saturated rings. The van der Waals surface area contributed by atoms with Crippen LogP contribution in [-0.2, 0) is 35.9 Å². The Bertz CT molecular complexity index is 939. The van der Waals surface area contributed by atoms with Gasteiger partial charge in [0.2, 0.25) is 11.4 Å². The Labute approximate surface area is 184 Å². The van der Waals surface area contributed by atoms with E-state index in [9.17, 15) is 24.3 Å². The number of esters is 1. The summed E-state index contributed by atoms with van der Waals surface area (Å²) in [7, 11) is 1.12. The van der Waals surface area contributed by atoms with E-state index in [-0.39, 0.29) is 6.42 Å². The molecule has 0 bridgehead atoms. The summed E-state index contributed by atoms with van der Waals surface area (Å²) in [6.45, 7) is 7.11. The van der Waals surface area contributed by atoms with Crippen molar-refractivity contribution >= 4 is 35.5 Å². The molecule has 9 nitrogen and oxygen atoms in total. The molecule has 4 N–H and O–H groups in total. The number of nitrogens with zero attached hydrogens (tertiary/aromatic N) is 1. The number of carbonyl (C=O) groups excluding carboxylic acids is 3. The number of β-lactam (4-membered cyclic amide) rings is 1. The Morgan fingerprint density at radius 3 is 2.32 bits per heavy atom. The van der Waals surface area contributed by atoms with Gasteiger partial charge in [0.05, 0.1) is 13.5 Å². The van der Waals surface area contributed by atoms with Gasteiger partial charge in [0.15, 0.2) is 0 Å². The van der Waals surface area contributed by atoms with Crippen molar-refractivity contribution in [2.75, 3.05) is 7.11 Å². The molecule has 2 saturated heterocycles. The number of rotatable bonds is 6. The highest BCUT2D eigenvalue weighted by molar-refractivity contribution is 8.01. The Morgan fingerprint density at radius 1 is 1.26 bits per heavy atom. The number of carbonyl (C=O) groups is 4. The monoisotopic (exact) mass is 449 g/mol. The lowest BCUT2D eigenvalue weighted by Crippen LogP contribution is -2.82. The van der Waals surface area contributed by atoms with E-state index in [4.69, 9.17) is 10.5 Å². The molecule has 2 aliphatic rings.